The maximum atomic E-state index is 13.7. The second-order valence-corrected chi connectivity index (χ2v) is 9.04. The van der Waals surface area contributed by atoms with Gasteiger partial charge in [-0.1, -0.05) is 44.4 Å². The number of carbonyl (C=O) groups excluding carboxylic acids is 1. The van der Waals surface area contributed by atoms with Gasteiger partial charge in [0.25, 0.3) is 5.91 Å². The normalized spacial score (nSPS) is 14.7. The zero-order chi connectivity index (χ0) is 25.9. The maximum absolute atomic E-state index is 13.7. The molecule has 0 N–H and O–H groups in total. The van der Waals surface area contributed by atoms with Crippen LogP contribution >= 0.6 is 0 Å². The molecule has 0 fully saturated rings. The number of amides is 1. The van der Waals surface area contributed by atoms with E-state index in [2.05, 4.69) is 6.92 Å². The van der Waals surface area contributed by atoms with Crippen molar-refractivity contribution >= 4 is 22.6 Å². The Labute approximate surface area is 214 Å². The standard InChI is InChI=1S/C30H28FNO5/c1-3-4-5-8-17-36-24-16-11-19(18-25(24)35-2)27-26-28(33)22-9-6-7-10-23(22)37-29(26)30(34)32(27)21-14-12-20(31)13-15-21/h6-7,9-16,18,27H,3-5,8,17H2,1-2H3. The molecule has 0 spiro atoms. The molecule has 1 aromatic heterocycles. The van der Waals surface area contributed by atoms with Gasteiger partial charge < -0.3 is 13.9 Å². The van der Waals surface area contributed by atoms with Crippen molar-refractivity contribution < 1.29 is 23.1 Å². The van der Waals surface area contributed by atoms with E-state index in [1.807, 2.05) is 6.07 Å². The topological polar surface area (TPSA) is 69.0 Å². The van der Waals surface area contributed by atoms with E-state index in [4.69, 9.17) is 13.9 Å². The summed E-state index contributed by atoms with van der Waals surface area (Å²) in [6.45, 7) is 2.73. The maximum Gasteiger partial charge on any atom is 0.295 e. The molecule has 0 bridgehead atoms. The van der Waals surface area contributed by atoms with E-state index in [0.29, 0.717) is 40.3 Å². The summed E-state index contributed by atoms with van der Waals surface area (Å²) in [5, 5.41) is 0.388. The molecule has 1 aliphatic heterocycles. The van der Waals surface area contributed by atoms with Gasteiger partial charge in [0.1, 0.15) is 11.4 Å². The van der Waals surface area contributed by atoms with Crippen LogP contribution in [0.2, 0.25) is 0 Å². The second kappa shape index (κ2) is 10.5. The Kier molecular flexibility index (Phi) is 6.95. The molecule has 1 unspecified atom stereocenters. The van der Waals surface area contributed by atoms with Gasteiger partial charge in [0.2, 0.25) is 5.76 Å². The summed E-state index contributed by atoms with van der Waals surface area (Å²) in [6.07, 6.45) is 4.34. The SMILES string of the molecule is CCCCCCOc1ccc(C2c3c(oc4ccccc4c3=O)C(=O)N2c2ccc(F)cc2)cc1OC. The number of hydrogen-bond donors (Lipinski definition) is 0. The lowest BCUT2D eigenvalue weighted by Crippen LogP contribution is -2.29. The van der Waals surface area contributed by atoms with Crippen molar-refractivity contribution in [2.45, 2.75) is 38.6 Å². The lowest BCUT2D eigenvalue weighted by molar-refractivity contribution is 0.0971. The molecule has 0 saturated heterocycles. The van der Waals surface area contributed by atoms with Crippen LogP contribution in [0.15, 0.2) is 75.9 Å². The van der Waals surface area contributed by atoms with Crippen molar-refractivity contribution in [3.8, 4) is 11.5 Å². The van der Waals surface area contributed by atoms with Gasteiger partial charge in [-0.2, -0.15) is 0 Å². The van der Waals surface area contributed by atoms with E-state index in [9.17, 15) is 14.0 Å². The van der Waals surface area contributed by atoms with Crippen molar-refractivity contribution in [2.75, 3.05) is 18.6 Å². The third-order valence-corrected chi connectivity index (χ3v) is 6.64. The van der Waals surface area contributed by atoms with E-state index < -0.39 is 17.8 Å². The van der Waals surface area contributed by atoms with Gasteiger partial charge >= 0.3 is 0 Å². The Bertz CT molecular complexity index is 1490. The van der Waals surface area contributed by atoms with E-state index in [-0.39, 0.29) is 16.8 Å². The molecule has 5 rings (SSSR count). The van der Waals surface area contributed by atoms with Crippen LogP contribution in [0.1, 0.15) is 60.3 Å². The Morgan fingerprint density at radius 1 is 0.946 bits per heavy atom. The van der Waals surface area contributed by atoms with Crippen LogP contribution < -0.4 is 19.8 Å². The highest BCUT2D eigenvalue weighted by Crippen LogP contribution is 2.43. The van der Waals surface area contributed by atoms with Gasteiger partial charge in [-0.15, -0.1) is 0 Å². The smallest absolute Gasteiger partial charge is 0.295 e. The van der Waals surface area contributed by atoms with Crippen molar-refractivity contribution in [1.29, 1.82) is 0 Å². The van der Waals surface area contributed by atoms with E-state index in [1.165, 1.54) is 29.2 Å². The zero-order valence-electron chi connectivity index (χ0n) is 20.8. The molecular weight excluding hydrogens is 473 g/mol. The molecule has 37 heavy (non-hydrogen) atoms. The molecule has 4 aromatic rings. The van der Waals surface area contributed by atoms with Gasteiger partial charge in [-0.3, -0.25) is 14.5 Å². The Hall–Kier alpha value is -4.13. The Morgan fingerprint density at radius 2 is 1.73 bits per heavy atom. The van der Waals surface area contributed by atoms with Crippen molar-refractivity contribution in [2.24, 2.45) is 0 Å². The van der Waals surface area contributed by atoms with Crippen LogP contribution in [0.4, 0.5) is 10.1 Å². The first kappa shape index (κ1) is 24.6. The van der Waals surface area contributed by atoms with Crippen LogP contribution in [0.5, 0.6) is 11.5 Å². The van der Waals surface area contributed by atoms with Crippen molar-refractivity contribution in [3.05, 3.63) is 99.7 Å². The molecule has 3 aromatic carbocycles. The lowest BCUT2D eigenvalue weighted by atomic mass is 9.97. The fourth-order valence-corrected chi connectivity index (χ4v) is 4.79. The van der Waals surface area contributed by atoms with E-state index >= 15 is 0 Å². The number of carbonyl (C=O) groups is 1. The average Bonchev–Trinajstić information content (AvgIpc) is 3.21. The highest BCUT2D eigenvalue weighted by atomic mass is 19.1. The first-order valence-electron chi connectivity index (χ1n) is 12.5. The van der Waals surface area contributed by atoms with E-state index in [0.717, 1.165) is 25.7 Å². The second-order valence-electron chi connectivity index (χ2n) is 9.04. The van der Waals surface area contributed by atoms with Gasteiger partial charge in [-0.25, -0.2) is 4.39 Å². The summed E-state index contributed by atoms with van der Waals surface area (Å²) in [7, 11) is 1.55. The predicted octanol–water partition coefficient (Wildman–Crippen LogP) is 6.65. The third kappa shape index (κ3) is 4.57. The number of rotatable bonds is 9. The molecule has 0 radical (unpaired) electrons. The number of fused-ring (bicyclic) bond motifs is 2. The molecule has 0 aliphatic carbocycles. The first-order chi connectivity index (χ1) is 18.0. The molecule has 1 atom stereocenters. The summed E-state index contributed by atoms with van der Waals surface area (Å²) in [5.74, 6) is 0.175. The van der Waals surface area contributed by atoms with Crippen molar-refractivity contribution in [1.82, 2.24) is 0 Å². The summed E-state index contributed by atoms with van der Waals surface area (Å²) < 4.78 is 31.3. The van der Waals surface area contributed by atoms with Gasteiger partial charge in [0.15, 0.2) is 16.9 Å². The minimum atomic E-state index is -0.790. The molecule has 0 saturated carbocycles. The molecule has 2 heterocycles. The van der Waals surface area contributed by atoms with Crippen LogP contribution in [0, 0.1) is 5.82 Å². The van der Waals surface area contributed by atoms with Crippen LogP contribution in [0.3, 0.4) is 0 Å². The summed E-state index contributed by atoms with van der Waals surface area (Å²) in [6, 6.07) is 17.0. The molecule has 6 nitrogen and oxygen atoms in total. The minimum absolute atomic E-state index is 0.0201. The fraction of sp³-hybridized carbons (Fsp3) is 0.267. The average molecular weight is 502 g/mol. The predicted molar refractivity (Wildman–Crippen MR) is 140 cm³/mol. The molecule has 1 aliphatic rings. The molecule has 190 valence electrons. The van der Waals surface area contributed by atoms with Gasteiger partial charge in [0.05, 0.1) is 30.7 Å². The monoisotopic (exact) mass is 501 g/mol. The Morgan fingerprint density at radius 3 is 2.49 bits per heavy atom. The number of hydrogen-bond acceptors (Lipinski definition) is 5. The third-order valence-electron chi connectivity index (χ3n) is 6.64. The number of benzene rings is 3. The lowest BCUT2D eigenvalue weighted by Gasteiger charge is -2.26. The highest BCUT2D eigenvalue weighted by Gasteiger charge is 2.44. The van der Waals surface area contributed by atoms with Crippen LogP contribution in [-0.4, -0.2) is 19.6 Å². The first-order valence-corrected chi connectivity index (χ1v) is 12.5. The fourth-order valence-electron chi connectivity index (χ4n) is 4.79. The van der Waals surface area contributed by atoms with Crippen LogP contribution in [0.25, 0.3) is 11.0 Å². The minimum Gasteiger partial charge on any atom is -0.493 e. The van der Waals surface area contributed by atoms with Gasteiger partial charge in [-0.05, 0) is 60.5 Å². The van der Waals surface area contributed by atoms with E-state index in [1.54, 1.807) is 43.5 Å². The molecular formula is C30H28FNO5. The summed E-state index contributed by atoms with van der Waals surface area (Å²) in [5.41, 5.74) is 1.39. The van der Waals surface area contributed by atoms with Crippen LogP contribution in [-0.2, 0) is 0 Å². The molecule has 1 amide bonds. The number of halogens is 1. The largest absolute Gasteiger partial charge is 0.493 e. The number of para-hydroxylation sites is 1. The number of ether oxygens (including phenoxy) is 2. The zero-order valence-corrected chi connectivity index (χ0v) is 20.8. The molecule has 7 heteroatoms. The number of methoxy groups -OCH3 is 1. The number of anilines is 1. The quantitative estimate of drug-likeness (QED) is 0.240. The number of unbranched alkanes of at least 4 members (excludes halogenated alkanes) is 3. The van der Waals surface area contributed by atoms with Crippen molar-refractivity contribution in [3.63, 3.8) is 0 Å². The number of nitrogens with zero attached hydrogens (tertiary/aromatic N) is 1. The van der Waals surface area contributed by atoms with Gasteiger partial charge in [0, 0.05) is 5.69 Å². The summed E-state index contributed by atoms with van der Waals surface area (Å²) >= 11 is 0. The Balaban J connectivity index is 1.61. The summed E-state index contributed by atoms with van der Waals surface area (Å²) in [4.78, 5) is 28.8. The highest BCUT2D eigenvalue weighted by molar-refractivity contribution is 6.10.